The molecule has 0 aromatic carbocycles. The van der Waals surface area contributed by atoms with E-state index in [2.05, 4.69) is 5.32 Å². The predicted octanol–water partition coefficient (Wildman–Crippen LogP) is 2.87. The van der Waals surface area contributed by atoms with Crippen LogP contribution in [-0.4, -0.2) is 23.2 Å². The van der Waals surface area contributed by atoms with Crippen LogP contribution in [0.3, 0.4) is 0 Å². The van der Waals surface area contributed by atoms with Gasteiger partial charge in [-0.1, -0.05) is 0 Å². The molecule has 2 N–H and O–H groups in total. The van der Waals surface area contributed by atoms with E-state index in [4.69, 9.17) is 5.11 Å². The molecule has 0 saturated heterocycles. The molecule has 3 heteroatoms. The van der Waals surface area contributed by atoms with Crippen LogP contribution in [-0.2, 0) is 4.79 Å². The van der Waals surface area contributed by atoms with E-state index in [0.29, 0.717) is 18.3 Å². The van der Waals surface area contributed by atoms with Crippen molar-refractivity contribution in [2.24, 2.45) is 23.2 Å². The van der Waals surface area contributed by atoms with Gasteiger partial charge in [0.15, 0.2) is 0 Å². The first-order valence-corrected chi connectivity index (χ1v) is 8.32. The summed E-state index contributed by atoms with van der Waals surface area (Å²) in [5.74, 6) is 2.91. The van der Waals surface area contributed by atoms with Crippen LogP contribution in [0.25, 0.3) is 0 Å². The predicted molar refractivity (Wildman–Crippen MR) is 79.1 cm³/mol. The Morgan fingerprint density at radius 1 is 1.15 bits per heavy atom. The van der Waals surface area contributed by atoms with Crippen molar-refractivity contribution >= 4 is 5.91 Å². The molecule has 4 bridgehead atoms. The second kappa shape index (κ2) is 5.01. The van der Waals surface area contributed by atoms with Gasteiger partial charge in [0.05, 0.1) is 0 Å². The van der Waals surface area contributed by atoms with Crippen molar-refractivity contribution in [1.82, 2.24) is 5.32 Å². The molecular weight excluding hydrogens is 250 g/mol. The van der Waals surface area contributed by atoms with Gasteiger partial charge in [-0.3, -0.25) is 4.79 Å². The first kappa shape index (κ1) is 14.4. The molecule has 0 spiro atoms. The number of hydrogen-bond donors (Lipinski definition) is 2. The number of amides is 1. The Hall–Kier alpha value is -0.570. The highest BCUT2D eigenvalue weighted by atomic mass is 16.3. The Morgan fingerprint density at radius 3 is 2.10 bits per heavy atom. The van der Waals surface area contributed by atoms with Crippen molar-refractivity contribution < 1.29 is 9.90 Å². The number of nitrogens with one attached hydrogen (secondary N) is 1. The van der Waals surface area contributed by atoms with E-state index in [1.807, 2.05) is 13.8 Å². The Morgan fingerprint density at radius 2 is 1.65 bits per heavy atom. The highest BCUT2D eigenvalue weighted by Crippen LogP contribution is 2.61. The first-order chi connectivity index (χ1) is 9.40. The summed E-state index contributed by atoms with van der Waals surface area (Å²) in [6, 6.07) is 0. The van der Waals surface area contributed by atoms with Crippen LogP contribution in [0.1, 0.15) is 65.2 Å². The van der Waals surface area contributed by atoms with Gasteiger partial charge < -0.3 is 10.4 Å². The molecule has 0 radical (unpaired) electrons. The molecule has 4 aliphatic rings. The Kier molecular flexibility index (Phi) is 3.60. The Labute approximate surface area is 122 Å². The molecule has 4 aliphatic carbocycles. The fourth-order valence-electron chi connectivity index (χ4n) is 5.61. The van der Waals surface area contributed by atoms with Crippen LogP contribution in [0.4, 0.5) is 0 Å². The third kappa shape index (κ3) is 2.88. The van der Waals surface area contributed by atoms with Crippen molar-refractivity contribution in [2.75, 3.05) is 6.61 Å². The normalized spacial score (nSPS) is 39.0. The maximum atomic E-state index is 12.4. The molecule has 1 amide bonds. The van der Waals surface area contributed by atoms with Crippen LogP contribution in [0.15, 0.2) is 0 Å². The first-order valence-electron chi connectivity index (χ1n) is 8.32. The molecule has 0 aromatic rings. The largest absolute Gasteiger partial charge is 0.396 e. The lowest BCUT2D eigenvalue weighted by Crippen LogP contribution is -2.50. The van der Waals surface area contributed by atoms with Gasteiger partial charge >= 0.3 is 0 Å². The number of carbonyl (C=O) groups excluding carboxylic acids is 1. The number of aliphatic hydroxyl groups excluding tert-OH is 1. The average molecular weight is 279 g/mol. The third-order valence-corrected chi connectivity index (χ3v) is 5.92. The smallest absolute Gasteiger partial charge is 0.220 e. The zero-order chi connectivity index (χ0) is 14.4. The summed E-state index contributed by atoms with van der Waals surface area (Å²) in [7, 11) is 0. The van der Waals surface area contributed by atoms with Crippen molar-refractivity contribution in [2.45, 2.75) is 70.8 Å². The molecule has 0 aliphatic heterocycles. The van der Waals surface area contributed by atoms with E-state index < -0.39 is 0 Å². The monoisotopic (exact) mass is 279 g/mol. The van der Waals surface area contributed by atoms with Gasteiger partial charge in [0.1, 0.15) is 0 Å². The van der Waals surface area contributed by atoms with E-state index in [1.54, 1.807) is 0 Å². The van der Waals surface area contributed by atoms with Crippen LogP contribution in [0, 0.1) is 23.2 Å². The lowest BCUT2D eigenvalue weighted by atomic mass is 9.49. The fraction of sp³-hybridized carbons (Fsp3) is 0.941. The molecule has 4 saturated carbocycles. The van der Waals surface area contributed by atoms with Crippen LogP contribution < -0.4 is 5.32 Å². The highest BCUT2D eigenvalue weighted by molar-refractivity contribution is 5.77. The molecule has 20 heavy (non-hydrogen) atoms. The van der Waals surface area contributed by atoms with Gasteiger partial charge in [0.2, 0.25) is 5.91 Å². The second-order valence-corrected chi connectivity index (χ2v) is 8.50. The maximum Gasteiger partial charge on any atom is 0.220 e. The standard InChI is InChI=1S/C17H29NO2/c1-16(2,3-4-19)18-15(20)11-17-8-12-5-13(9-17)7-14(6-12)10-17/h12-14,19H,3-11H2,1-2H3,(H,18,20). The molecular formula is C17H29NO2. The molecule has 0 atom stereocenters. The van der Waals surface area contributed by atoms with Gasteiger partial charge in [-0.25, -0.2) is 0 Å². The molecule has 3 nitrogen and oxygen atoms in total. The van der Waals surface area contributed by atoms with Crippen LogP contribution >= 0.6 is 0 Å². The van der Waals surface area contributed by atoms with Crippen molar-refractivity contribution in [3.8, 4) is 0 Å². The number of aliphatic hydroxyl groups is 1. The van der Waals surface area contributed by atoms with E-state index in [-0.39, 0.29) is 18.1 Å². The minimum Gasteiger partial charge on any atom is -0.396 e. The van der Waals surface area contributed by atoms with Gasteiger partial charge in [0.25, 0.3) is 0 Å². The molecule has 4 fully saturated rings. The van der Waals surface area contributed by atoms with Crippen molar-refractivity contribution in [3.63, 3.8) is 0 Å². The van der Waals surface area contributed by atoms with Gasteiger partial charge in [-0.15, -0.1) is 0 Å². The summed E-state index contributed by atoms with van der Waals surface area (Å²) in [6.07, 6.45) is 9.47. The fourth-order valence-corrected chi connectivity index (χ4v) is 5.61. The van der Waals surface area contributed by atoms with Crippen molar-refractivity contribution in [1.29, 1.82) is 0 Å². The zero-order valence-corrected chi connectivity index (χ0v) is 13.0. The summed E-state index contributed by atoms with van der Waals surface area (Å²) in [6.45, 7) is 4.13. The molecule has 4 rings (SSSR count). The van der Waals surface area contributed by atoms with E-state index >= 15 is 0 Å². The number of rotatable bonds is 5. The lowest BCUT2D eigenvalue weighted by molar-refractivity contribution is -0.131. The van der Waals surface area contributed by atoms with Gasteiger partial charge in [-0.05, 0) is 82.0 Å². The van der Waals surface area contributed by atoms with E-state index in [9.17, 15) is 4.79 Å². The summed E-state index contributed by atoms with van der Waals surface area (Å²) in [5, 5.41) is 12.2. The van der Waals surface area contributed by atoms with E-state index in [0.717, 1.165) is 17.8 Å². The third-order valence-electron chi connectivity index (χ3n) is 5.92. The van der Waals surface area contributed by atoms with Crippen LogP contribution in [0.2, 0.25) is 0 Å². The summed E-state index contributed by atoms with van der Waals surface area (Å²) >= 11 is 0. The zero-order valence-electron chi connectivity index (χ0n) is 13.0. The summed E-state index contributed by atoms with van der Waals surface area (Å²) in [4.78, 5) is 12.4. The van der Waals surface area contributed by atoms with Gasteiger partial charge in [0, 0.05) is 18.6 Å². The highest BCUT2D eigenvalue weighted by Gasteiger charge is 2.51. The second-order valence-electron chi connectivity index (χ2n) is 8.50. The number of carbonyl (C=O) groups is 1. The Balaban J connectivity index is 1.61. The topological polar surface area (TPSA) is 49.3 Å². The van der Waals surface area contributed by atoms with Gasteiger partial charge in [-0.2, -0.15) is 0 Å². The summed E-state index contributed by atoms with van der Waals surface area (Å²) in [5.41, 5.74) is 0.0300. The number of hydrogen-bond acceptors (Lipinski definition) is 2. The van der Waals surface area contributed by atoms with E-state index in [1.165, 1.54) is 38.5 Å². The SMILES string of the molecule is CC(C)(CCO)NC(=O)CC12CC3CC(CC(C3)C1)C2. The average Bonchev–Trinajstić information content (AvgIpc) is 2.23. The molecule has 0 aromatic heterocycles. The minimum absolute atomic E-state index is 0.130. The molecule has 0 unspecified atom stereocenters. The molecule has 114 valence electrons. The van der Waals surface area contributed by atoms with Crippen LogP contribution in [0.5, 0.6) is 0 Å². The quantitative estimate of drug-likeness (QED) is 0.813. The lowest BCUT2D eigenvalue weighted by Gasteiger charge is -2.56. The maximum absolute atomic E-state index is 12.4. The minimum atomic E-state index is -0.284. The summed E-state index contributed by atoms with van der Waals surface area (Å²) < 4.78 is 0. The Bertz CT molecular complexity index is 353. The molecule has 0 heterocycles. The van der Waals surface area contributed by atoms with Crippen molar-refractivity contribution in [3.05, 3.63) is 0 Å².